The number of rotatable bonds is 4. The maximum absolute atomic E-state index is 10.9. The molecule has 0 fully saturated rings. The highest BCUT2D eigenvalue weighted by Crippen LogP contribution is 2.28. The summed E-state index contributed by atoms with van der Waals surface area (Å²) in [6.45, 7) is 4.14. The van der Waals surface area contributed by atoms with E-state index in [1.165, 1.54) is 5.56 Å². The second kappa shape index (κ2) is 5.86. The number of halogens is 1. The first-order valence-electron chi connectivity index (χ1n) is 4.96. The van der Waals surface area contributed by atoms with Gasteiger partial charge in [-0.1, -0.05) is 19.9 Å². The molecular formula is C11H15BrN2O2. The first-order valence-corrected chi connectivity index (χ1v) is 5.75. The van der Waals surface area contributed by atoms with Crippen LogP contribution in [0.4, 0.5) is 0 Å². The highest BCUT2D eigenvalue weighted by Gasteiger charge is 2.06. The van der Waals surface area contributed by atoms with Gasteiger partial charge in [0.05, 0.1) is 4.47 Å². The minimum atomic E-state index is -0.361. The fraction of sp³-hybridized carbons (Fsp3) is 0.364. The fourth-order valence-corrected chi connectivity index (χ4v) is 1.69. The van der Waals surface area contributed by atoms with Crippen LogP contribution in [0.25, 0.3) is 0 Å². The van der Waals surface area contributed by atoms with Gasteiger partial charge in [0.25, 0.3) is 5.91 Å². The Bertz CT molecular complexity index is 380. The van der Waals surface area contributed by atoms with E-state index in [1.807, 2.05) is 23.6 Å². The molecule has 0 aliphatic carbocycles. The van der Waals surface area contributed by atoms with Crippen molar-refractivity contribution in [3.8, 4) is 5.75 Å². The monoisotopic (exact) mass is 286 g/mol. The van der Waals surface area contributed by atoms with E-state index in [2.05, 4.69) is 29.8 Å². The third-order valence-corrected chi connectivity index (χ3v) is 2.76. The average molecular weight is 287 g/mol. The van der Waals surface area contributed by atoms with E-state index in [9.17, 15) is 4.79 Å². The van der Waals surface area contributed by atoms with Gasteiger partial charge in [-0.3, -0.25) is 10.2 Å². The van der Waals surface area contributed by atoms with Gasteiger partial charge in [-0.2, -0.15) is 0 Å². The van der Waals surface area contributed by atoms with Gasteiger partial charge in [-0.15, -0.1) is 0 Å². The molecule has 0 unspecified atom stereocenters. The van der Waals surface area contributed by atoms with Crippen LogP contribution in [0.15, 0.2) is 22.7 Å². The molecule has 0 aromatic heterocycles. The van der Waals surface area contributed by atoms with Crippen molar-refractivity contribution in [1.29, 1.82) is 0 Å². The number of nitrogens with one attached hydrogen (secondary N) is 1. The Labute approximate surface area is 103 Å². The number of hydrogen-bond donors (Lipinski definition) is 2. The first kappa shape index (κ1) is 13.0. The van der Waals surface area contributed by atoms with Crippen LogP contribution in [0.2, 0.25) is 0 Å². The molecule has 0 saturated heterocycles. The normalized spacial score (nSPS) is 10.3. The predicted octanol–water partition coefficient (Wildman–Crippen LogP) is 1.94. The lowest BCUT2D eigenvalue weighted by atomic mass is 10.0. The molecule has 0 saturated carbocycles. The molecule has 0 heterocycles. The third-order valence-electron chi connectivity index (χ3n) is 2.14. The SMILES string of the molecule is CC(C)c1ccc(OCC(=O)NN)c(Br)c1. The van der Waals surface area contributed by atoms with E-state index in [4.69, 9.17) is 10.6 Å². The standard InChI is InChI=1S/C11H15BrN2O2/c1-7(2)8-3-4-10(9(12)5-8)16-6-11(15)14-13/h3-5,7H,6,13H2,1-2H3,(H,14,15). The smallest absolute Gasteiger partial charge is 0.271 e. The number of carbonyl (C=O) groups excluding carboxylic acids is 1. The van der Waals surface area contributed by atoms with E-state index in [0.29, 0.717) is 11.7 Å². The van der Waals surface area contributed by atoms with Crippen LogP contribution in [0, 0.1) is 0 Å². The largest absolute Gasteiger partial charge is 0.483 e. The number of benzene rings is 1. The number of nitrogens with two attached hydrogens (primary N) is 1. The van der Waals surface area contributed by atoms with Crippen molar-refractivity contribution in [2.75, 3.05) is 6.61 Å². The zero-order valence-corrected chi connectivity index (χ0v) is 10.9. The Kier molecular flexibility index (Phi) is 4.76. The predicted molar refractivity (Wildman–Crippen MR) is 66.1 cm³/mol. The van der Waals surface area contributed by atoms with Gasteiger partial charge in [0.1, 0.15) is 5.75 Å². The summed E-state index contributed by atoms with van der Waals surface area (Å²) in [5.74, 6) is 5.67. The summed E-state index contributed by atoms with van der Waals surface area (Å²) >= 11 is 3.40. The average Bonchev–Trinajstić information content (AvgIpc) is 2.26. The molecular weight excluding hydrogens is 272 g/mol. The number of hydrogen-bond acceptors (Lipinski definition) is 3. The van der Waals surface area contributed by atoms with Crippen molar-refractivity contribution in [2.24, 2.45) is 5.84 Å². The molecule has 1 rings (SSSR count). The number of carbonyl (C=O) groups is 1. The molecule has 0 spiro atoms. The fourth-order valence-electron chi connectivity index (χ4n) is 1.18. The van der Waals surface area contributed by atoms with E-state index in [-0.39, 0.29) is 12.5 Å². The number of hydrazine groups is 1. The quantitative estimate of drug-likeness (QED) is 0.505. The van der Waals surface area contributed by atoms with Crippen molar-refractivity contribution in [1.82, 2.24) is 5.43 Å². The summed E-state index contributed by atoms with van der Waals surface area (Å²) in [6, 6.07) is 5.80. The molecule has 16 heavy (non-hydrogen) atoms. The summed E-state index contributed by atoms with van der Waals surface area (Å²) in [6.07, 6.45) is 0. The molecule has 88 valence electrons. The van der Waals surface area contributed by atoms with Gasteiger partial charge >= 0.3 is 0 Å². The van der Waals surface area contributed by atoms with E-state index in [0.717, 1.165) is 4.47 Å². The molecule has 0 radical (unpaired) electrons. The van der Waals surface area contributed by atoms with Crippen LogP contribution in [0.1, 0.15) is 25.3 Å². The van der Waals surface area contributed by atoms with Crippen LogP contribution in [-0.4, -0.2) is 12.5 Å². The van der Waals surface area contributed by atoms with Gasteiger partial charge in [0, 0.05) is 0 Å². The zero-order chi connectivity index (χ0) is 12.1. The minimum absolute atomic E-state index is 0.0872. The van der Waals surface area contributed by atoms with Crippen molar-refractivity contribution in [3.63, 3.8) is 0 Å². The highest BCUT2D eigenvalue weighted by molar-refractivity contribution is 9.10. The van der Waals surface area contributed by atoms with E-state index in [1.54, 1.807) is 0 Å². The Morgan fingerprint density at radius 3 is 2.75 bits per heavy atom. The van der Waals surface area contributed by atoms with Gasteiger partial charge < -0.3 is 4.74 Å². The Hall–Kier alpha value is -1.07. The molecule has 0 aliphatic rings. The molecule has 0 bridgehead atoms. The van der Waals surface area contributed by atoms with Crippen LogP contribution in [0.3, 0.4) is 0 Å². The second-order valence-corrected chi connectivity index (χ2v) is 4.56. The minimum Gasteiger partial charge on any atom is -0.483 e. The summed E-state index contributed by atoms with van der Waals surface area (Å²) in [5, 5.41) is 0. The Morgan fingerprint density at radius 2 is 2.25 bits per heavy atom. The summed E-state index contributed by atoms with van der Waals surface area (Å²) in [4.78, 5) is 10.9. The molecule has 1 amide bonds. The topological polar surface area (TPSA) is 64.3 Å². The van der Waals surface area contributed by atoms with Crippen LogP contribution >= 0.6 is 15.9 Å². The third kappa shape index (κ3) is 3.50. The lowest BCUT2D eigenvalue weighted by Gasteiger charge is -2.10. The van der Waals surface area contributed by atoms with Crippen LogP contribution < -0.4 is 16.0 Å². The molecule has 1 aromatic carbocycles. The van der Waals surface area contributed by atoms with E-state index >= 15 is 0 Å². The summed E-state index contributed by atoms with van der Waals surface area (Å²) in [7, 11) is 0. The Balaban J connectivity index is 2.72. The maximum atomic E-state index is 10.9. The molecule has 4 nitrogen and oxygen atoms in total. The van der Waals surface area contributed by atoms with Crippen molar-refractivity contribution >= 4 is 21.8 Å². The lowest BCUT2D eigenvalue weighted by Crippen LogP contribution is -2.34. The first-order chi connectivity index (χ1) is 7.54. The number of amides is 1. The lowest BCUT2D eigenvalue weighted by molar-refractivity contribution is -0.123. The highest BCUT2D eigenvalue weighted by atomic mass is 79.9. The van der Waals surface area contributed by atoms with Gasteiger partial charge in [-0.05, 0) is 39.5 Å². The molecule has 3 N–H and O–H groups in total. The molecule has 0 atom stereocenters. The van der Waals surface area contributed by atoms with Crippen molar-refractivity contribution < 1.29 is 9.53 Å². The molecule has 5 heteroatoms. The number of ether oxygens (including phenoxy) is 1. The van der Waals surface area contributed by atoms with Crippen LogP contribution in [0.5, 0.6) is 5.75 Å². The Morgan fingerprint density at radius 1 is 1.56 bits per heavy atom. The summed E-state index contributed by atoms with van der Waals surface area (Å²) in [5.41, 5.74) is 3.22. The molecule has 0 aliphatic heterocycles. The van der Waals surface area contributed by atoms with Crippen molar-refractivity contribution in [2.45, 2.75) is 19.8 Å². The zero-order valence-electron chi connectivity index (χ0n) is 9.29. The summed E-state index contributed by atoms with van der Waals surface area (Å²) < 4.78 is 6.12. The molecule has 1 aromatic rings. The van der Waals surface area contributed by atoms with Gasteiger partial charge in [0.15, 0.2) is 6.61 Å². The van der Waals surface area contributed by atoms with E-state index < -0.39 is 0 Å². The van der Waals surface area contributed by atoms with Gasteiger partial charge in [0.2, 0.25) is 0 Å². The second-order valence-electron chi connectivity index (χ2n) is 3.70. The van der Waals surface area contributed by atoms with Crippen LogP contribution in [-0.2, 0) is 4.79 Å². The van der Waals surface area contributed by atoms with Crippen molar-refractivity contribution in [3.05, 3.63) is 28.2 Å². The maximum Gasteiger partial charge on any atom is 0.271 e. The van der Waals surface area contributed by atoms with Gasteiger partial charge in [-0.25, -0.2) is 5.84 Å².